The number of imide groups is 1. The smallest absolute Gasteiger partial charge is 0.235 e. The van der Waals surface area contributed by atoms with E-state index in [4.69, 9.17) is 5.10 Å². The van der Waals surface area contributed by atoms with Crippen LogP contribution in [0.25, 0.3) is 10.9 Å². The van der Waals surface area contributed by atoms with E-state index in [0.29, 0.717) is 18.9 Å². The third-order valence-electron chi connectivity index (χ3n) is 8.55. The lowest BCUT2D eigenvalue weighted by atomic mass is 9.73. The standard InChI is InChI=1S/C26H37N5O2/c1-16-14-19(17(2)18-8-11-27-12-9-18)10-13-31(16)20-4-5-21-23(15-20)30(3)29-25(21)22-6-7-24(32)28-26(22)33/h4-5,15-19,22,27H,6-14H2,1-3H3,(H,28,32,33)/t16-,17+,19+,22?/m0/s1. The summed E-state index contributed by atoms with van der Waals surface area (Å²) in [4.78, 5) is 26.5. The summed E-state index contributed by atoms with van der Waals surface area (Å²) in [6.45, 7) is 8.29. The Bertz CT molecular complexity index is 1040. The lowest BCUT2D eigenvalue weighted by molar-refractivity contribution is -0.134. The van der Waals surface area contributed by atoms with Crippen molar-refractivity contribution in [3.8, 4) is 0 Å². The van der Waals surface area contributed by atoms with Crippen LogP contribution in [0.15, 0.2) is 18.2 Å². The number of anilines is 1. The van der Waals surface area contributed by atoms with Crippen LogP contribution in [-0.4, -0.2) is 47.3 Å². The Balaban J connectivity index is 1.33. The Hall–Kier alpha value is -2.41. The largest absolute Gasteiger partial charge is 0.369 e. The molecule has 0 bridgehead atoms. The van der Waals surface area contributed by atoms with Crippen molar-refractivity contribution in [3.05, 3.63) is 23.9 Å². The molecule has 3 aliphatic rings. The number of hydrogen-bond acceptors (Lipinski definition) is 5. The Morgan fingerprint density at radius 1 is 1.09 bits per heavy atom. The third kappa shape index (κ3) is 4.27. The lowest BCUT2D eigenvalue weighted by Gasteiger charge is -2.43. The summed E-state index contributed by atoms with van der Waals surface area (Å²) in [6.07, 6.45) is 6.04. The summed E-state index contributed by atoms with van der Waals surface area (Å²) in [6, 6.07) is 7.04. The van der Waals surface area contributed by atoms with Crippen LogP contribution in [0.5, 0.6) is 0 Å². The van der Waals surface area contributed by atoms with Gasteiger partial charge in [-0.15, -0.1) is 0 Å². The van der Waals surface area contributed by atoms with Gasteiger partial charge in [-0.25, -0.2) is 0 Å². The van der Waals surface area contributed by atoms with E-state index in [2.05, 4.69) is 47.6 Å². The fraction of sp³-hybridized carbons (Fsp3) is 0.654. The summed E-state index contributed by atoms with van der Waals surface area (Å²) in [7, 11) is 1.94. The Morgan fingerprint density at radius 3 is 2.61 bits per heavy atom. The highest BCUT2D eigenvalue weighted by Crippen LogP contribution is 2.39. The van der Waals surface area contributed by atoms with Crippen LogP contribution in [-0.2, 0) is 16.6 Å². The van der Waals surface area contributed by atoms with Gasteiger partial charge in [0.05, 0.1) is 17.1 Å². The van der Waals surface area contributed by atoms with Gasteiger partial charge in [-0.2, -0.15) is 5.10 Å². The molecule has 178 valence electrons. The van der Waals surface area contributed by atoms with Gasteiger partial charge in [0.15, 0.2) is 0 Å². The Morgan fingerprint density at radius 2 is 1.88 bits per heavy atom. The van der Waals surface area contributed by atoms with E-state index in [1.807, 2.05) is 11.7 Å². The third-order valence-corrected chi connectivity index (χ3v) is 8.55. The number of carbonyl (C=O) groups is 2. The van der Waals surface area contributed by atoms with Crippen LogP contribution in [0.1, 0.15) is 64.0 Å². The molecular weight excluding hydrogens is 414 g/mol. The fourth-order valence-electron chi connectivity index (χ4n) is 6.49. The SMILES string of the molecule is C[C@H](C1CCNCC1)[C@@H]1CCN(c2ccc3c(C4CCC(=O)NC4=O)nn(C)c3c2)[C@@H](C)C1. The summed E-state index contributed by atoms with van der Waals surface area (Å²) < 4.78 is 1.88. The molecule has 0 saturated carbocycles. The minimum absolute atomic E-state index is 0.189. The number of nitrogens with one attached hydrogen (secondary N) is 2. The van der Waals surface area contributed by atoms with Crippen molar-refractivity contribution >= 4 is 28.4 Å². The summed E-state index contributed by atoms with van der Waals surface area (Å²) in [5.74, 6) is 1.70. The fourth-order valence-corrected chi connectivity index (χ4v) is 6.49. The van der Waals surface area contributed by atoms with E-state index >= 15 is 0 Å². The van der Waals surface area contributed by atoms with Crippen molar-refractivity contribution < 1.29 is 9.59 Å². The first-order valence-corrected chi connectivity index (χ1v) is 12.7. The van der Waals surface area contributed by atoms with Gasteiger partial charge in [0, 0.05) is 37.1 Å². The molecule has 0 aliphatic carbocycles. The second kappa shape index (κ2) is 9.09. The Labute approximate surface area is 196 Å². The van der Waals surface area contributed by atoms with Gasteiger partial charge >= 0.3 is 0 Å². The van der Waals surface area contributed by atoms with Crippen LogP contribution >= 0.6 is 0 Å². The molecule has 3 fully saturated rings. The molecule has 3 saturated heterocycles. The van der Waals surface area contributed by atoms with Gasteiger partial charge in [0.25, 0.3) is 0 Å². The van der Waals surface area contributed by atoms with Gasteiger partial charge in [-0.3, -0.25) is 19.6 Å². The van der Waals surface area contributed by atoms with E-state index in [1.165, 1.54) is 44.5 Å². The Kier molecular flexibility index (Phi) is 6.16. The van der Waals surface area contributed by atoms with Crippen molar-refractivity contribution in [1.82, 2.24) is 20.4 Å². The number of carbonyl (C=O) groups excluding carboxylic acids is 2. The molecular formula is C26H37N5O2. The number of fused-ring (bicyclic) bond motifs is 1. The zero-order chi connectivity index (χ0) is 23.1. The van der Waals surface area contributed by atoms with E-state index in [1.54, 1.807) is 0 Å². The first-order chi connectivity index (χ1) is 15.9. The molecule has 33 heavy (non-hydrogen) atoms. The van der Waals surface area contributed by atoms with Crippen molar-refractivity contribution in [1.29, 1.82) is 0 Å². The van der Waals surface area contributed by atoms with E-state index in [9.17, 15) is 9.59 Å². The minimum atomic E-state index is -0.358. The second-order valence-corrected chi connectivity index (χ2v) is 10.5. The molecule has 2 aromatic rings. The van der Waals surface area contributed by atoms with Crippen molar-refractivity contribution in [2.24, 2.45) is 24.8 Å². The molecule has 0 spiro atoms. The van der Waals surface area contributed by atoms with Crippen LogP contribution in [0.2, 0.25) is 0 Å². The summed E-state index contributed by atoms with van der Waals surface area (Å²) in [5.41, 5.74) is 3.07. The van der Waals surface area contributed by atoms with E-state index in [-0.39, 0.29) is 17.7 Å². The number of nitrogens with zero attached hydrogens (tertiary/aromatic N) is 3. The molecule has 7 heteroatoms. The number of rotatable bonds is 4. The maximum Gasteiger partial charge on any atom is 0.235 e. The number of aromatic nitrogens is 2. The van der Waals surface area contributed by atoms with E-state index in [0.717, 1.165) is 40.9 Å². The topological polar surface area (TPSA) is 79.3 Å². The summed E-state index contributed by atoms with van der Waals surface area (Å²) >= 11 is 0. The molecule has 1 aromatic carbocycles. The van der Waals surface area contributed by atoms with Gasteiger partial charge in [-0.05, 0) is 88.1 Å². The first-order valence-electron chi connectivity index (χ1n) is 12.7. The zero-order valence-electron chi connectivity index (χ0n) is 20.1. The quantitative estimate of drug-likeness (QED) is 0.697. The number of hydrogen-bond donors (Lipinski definition) is 2. The van der Waals surface area contributed by atoms with Gasteiger partial charge < -0.3 is 10.2 Å². The molecule has 2 N–H and O–H groups in total. The van der Waals surface area contributed by atoms with Gasteiger partial charge in [-0.1, -0.05) is 6.92 Å². The molecule has 5 rings (SSSR count). The number of benzene rings is 1. The van der Waals surface area contributed by atoms with Crippen LogP contribution in [0.4, 0.5) is 5.69 Å². The van der Waals surface area contributed by atoms with Crippen LogP contribution in [0.3, 0.4) is 0 Å². The predicted molar refractivity (Wildman–Crippen MR) is 130 cm³/mol. The zero-order valence-corrected chi connectivity index (χ0v) is 20.1. The monoisotopic (exact) mass is 451 g/mol. The lowest BCUT2D eigenvalue weighted by Crippen LogP contribution is -2.44. The molecule has 7 nitrogen and oxygen atoms in total. The van der Waals surface area contributed by atoms with Crippen molar-refractivity contribution in [2.45, 2.75) is 64.3 Å². The number of aryl methyl sites for hydroxylation is 1. The molecule has 4 atom stereocenters. The summed E-state index contributed by atoms with van der Waals surface area (Å²) in [5, 5.41) is 11.7. The first kappa shape index (κ1) is 22.4. The predicted octanol–water partition coefficient (Wildman–Crippen LogP) is 3.33. The average Bonchev–Trinajstić information content (AvgIpc) is 3.14. The highest BCUT2D eigenvalue weighted by Gasteiger charge is 2.34. The highest BCUT2D eigenvalue weighted by molar-refractivity contribution is 6.02. The van der Waals surface area contributed by atoms with Crippen LogP contribution in [0, 0.1) is 17.8 Å². The molecule has 0 radical (unpaired) electrons. The van der Waals surface area contributed by atoms with E-state index < -0.39 is 0 Å². The van der Waals surface area contributed by atoms with Crippen molar-refractivity contribution in [2.75, 3.05) is 24.5 Å². The second-order valence-electron chi connectivity index (χ2n) is 10.5. The molecule has 2 amide bonds. The van der Waals surface area contributed by atoms with Gasteiger partial charge in [0.1, 0.15) is 0 Å². The van der Waals surface area contributed by atoms with Crippen LogP contribution < -0.4 is 15.5 Å². The van der Waals surface area contributed by atoms with Gasteiger partial charge in [0.2, 0.25) is 11.8 Å². The normalized spacial score (nSPS) is 28.2. The molecule has 4 heterocycles. The molecule has 1 unspecified atom stereocenters. The maximum atomic E-state index is 12.4. The molecule has 3 aliphatic heterocycles. The maximum absolute atomic E-state index is 12.4. The molecule has 1 aromatic heterocycles. The van der Waals surface area contributed by atoms with Crippen molar-refractivity contribution in [3.63, 3.8) is 0 Å². The highest BCUT2D eigenvalue weighted by atomic mass is 16.2. The minimum Gasteiger partial charge on any atom is -0.369 e. The number of piperidine rings is 3. The average molecular weight is 452 g/mol. The number of amides is 2.